The molecule has 0 unspecified atom stereocenters. The molecule has 0 atom stereocenters. The van der Waals surface area contributed by atoms with Gasteiger partial charge in [0.05, 0.1) is 4.90 Å². The average Bonchev–Trinajstić information content (AvgIpc) is 2.34. The highest BCUT2D eigenvalue weighted by Crippen LogP contribution is 2.21. The molecule has 104 valence electrons. The standard InChI is InChI=1S/C14H19NO3S/c1-11(2)15(4)19(17,18)14-8-7-12(3)10-13(14)6-5-9-16/h7-8,10-11,16H,9H2,1-4H3. The number of aliphatic hydroxyl groups excluding tert-OH is 1. The Bertz CT molecular complexity index is 609. The zero-order valence-corrected chi connectivity index (χ0v) is 12.5. The van der Waals surface area contributed by atoms with Crippen LogP contribution in [-0.2, 0) is 10.0 Å². The van der Waals surface area contributed by atoms with Gasteiger partial charge in [-0.05, 0) is 38.5 Å². The molecule has 0 saturated carbocycles. The fourth-order valence-corrected chi connectivity index (χ4v) is 3.03. The van der Waals surface area contributed by atoms with Crippen LogP contribution in [0.25, 0.3) is 0 Å². The molecule has 1 aromatic carbocycles. The Labute approximate surface area is 115 Å². The summed E-state index contributed by atoms with van der Waals surface area (Å²) in [4.78, 5) is 0.176. The summed E-state index contributed by atoms with van der Waals surface area (Å²) in [6.45, 7) is 5.19. The molecule has 0 aromatic heterocycles. The molecule has 19 heavy (non-hydrogen) atoms. The molecule has 5 heteroatoms. The van der Waals surface area contributed by atoms with E-state index in [0.29, 0.717) is 5.56 Å². The molecular formula is C14H19NO3S. The minimum atomic E-state index is -3.57. The van der Waals surface area contributed by atoms with Crippen LogP contribution in [0.5, 0.6) is 0 Å². The van der Waals surface area contributed by atoms with Crippen LogP contribution in [0.1, 0.15) is 25.0 Å². The first kappa shape index (κ1) is 15.7. The first-order valence-electron chi connectivity index (χ1n) is 5.99. The van der Waals surface area contributed by atoms with Crippen LogP contribution in [0.2, 0.25) is 0 Å². The van der Waals surface area contributed by atoms with Gasteiger partial charge in [0.25, 0.3) is 0 Å². The molecule has 1 N–H and O–H groups in total. The SMILES string of the molecule is Cc1ccc(S(=O)(=O)N(C)C(C)C)c(C#CCO)c1. The van der Waals surface area contributed by atoms with Gasteiger partial charge in [0, 0.05) is 18.7 Å². The first-order valence-corrected chi connectivity index (χ1v) is 7.43. The quantitative estimate of drug-likeness (QED) is 0.851. The number of benzene rings is 1. The fourth-order valence-electron chi connectivity index (χ4n) is 1.53. The van der Waals surface area contributed by atoms with Gasteiger partial charge in [0.15, 0.2) is 0 Å². The van der Waals surface area contributed by atoms with E-state index in [9.17, 15) is 8.42 Å². The van der Waals surface area contributed by atoms with Crippen molar-refractivity contribution in [3.05, 3.63) is 29.3 Å². The number of nitrogens with zero attached hydrogens (tertiary/aromatic N) is 1. The number of hydrogen-bond acceptors (Lipinski definition) is 3. The van der Waals surface area contributed by atoms with Crippen LogP contribution < -0.4 is 0 Å². The Balaban J connectivity index is 3.42. The Morgan fingerprint density at radius 1 is 1.37 bits per heavy atom. The van der Waals surface area contributed by atoms with Crippen molar-refractivity contribution in [1.82, 2.24) is 4.31 Å². The van der Waals surface area contributed by atoms with Crippen LogP contribution >= 0.6 is 0 Å². The molecule has 0 spiro atoms. The van der Waals surface area contributed by atoms with Gasteiger partial charge in [0.2, 0.25) is 10.0 Å². The lowest BCUT2D eigenvalue weighted by molar-refractivity contribution is 0.350. The van der Waals surface area contributed by atoms with E-state index in [1.807, 2.05) is 20.8 Å². The van der Waals surface area contributed by atoms with E-state index >= 15 is 0 Å². The molecule has 1 aromatic rings. The van der Waals surface area contributed by atoms with Crippen LogP contribution in [0, 0.1) is 18.8 Å². The summed E-state index contributed by atoms with van der Waals surface area (Å²) < 4.78 is 26.2. The van der Waals surface area contributed by atoms with Crippen molar-refractivity contribution < 1.29 is 13.5 Å². The van der Waals surface area contributed by atoms with E-state index in [0.717, 1.165) is 5.56 Å². The number of sulfonamides is 1. The third-order valence-corrected chi connectivity index (χ3v) is 4.91. The highest BCUT2D eigenvalue weighted by atomic mass is 32.2. The van der Waals surface area contributed by atoms with Crippen LogP contribution in [0.15, 0.2) is 23.1 Å². The second kappa shape index (κ2) is 6.20. The van der Waals surface area contributed by atoms with E-state index in [2.05, 4.69) is 11.8 Å². The third-order valence-electron chi connectivity index (χ3n) is 2.82. The van der Waals surface area contributed by atoms with Gasteiger partial charge in [-0.3, -0.25) is 0 Å². The van der Waals surface area contributed by atoms with Gasteiger partial charge in [-0.25, -0.2) is 8.42 Å². The van der Waals surface area contributed by atoms with Gasteiger partial charge in [-0.1, -0.05) is 17.9 Å². The van der Waals surface area contributed by atoms with E-state index in [1.165, 1.54) is 4.31 Å². The van der Waals surface area contributed by atoms with E-state index in [4.69, 9.17) is 5.11 Å². The van der Waals surface area contributed by atoms with E-state index in [-0.39, 0.29) is 17.5 Å². The molecule has 0 heterocycles. The summed E-state index contributed by atoms with van der Waals surface area (Å²) >= 11 is 0. The summed E-state index contributed by atoms with van der Waals surface area (Å²) in [7, 11) is -2.02. The zero-order valence-electron chi connectivity index (χ0n) is 11.6. The summed E-state index contributed by atoms with van der Waals surface area (Å²) in [5.74, 6) is 5.19. The van der Waals surface area contributed by atoms with Gasteiger partial charge < -0.3 is 5.11 Å². The van der Waals surface area contributed by atoms with Gasteiger partial charge >= 0.3 is 0 Å². The van der Waals surface area contributed by atoms with Crippen molar-refractivity contribution in [3.63, 3.8) is 0 Å². The lowest BCUT2D eigenvalue weighted by atomic mass is 10.1. The molecule has 4 nitrogen and oxygen atoms in total. The highest BCUT2D eigenvalue weighted by Gasteiger charge is 2.25. The summed E-state index contributed by atoms with van der Waals surface area (Å²) in [6.07, 6.45) is 0. The van der Waals surface area contributed by atoms with Crippen LogP contribution in [0.3, 0.4) is 0 Å². The summed E-state index contributed by atoms with van der Waals surface area (Å²) in [5, 5.41) is 8.75. The molecule has 0 aliphatic heterocycles. The smallest absolute Gasteiger partial charge is 0.244 e. The maximum atomic E-state index is 12.5. The zero-order chi connectivity index (χ0) is 14.6. The van der Waals surface area contributed by atoms with Crippen molar-refractivity contribution in [2.24, 2.45) is 0 Å². The molecular weight excluding hydrogens is 262 g/mol. The van der Waals surface area contributed by atoms with Crippen molar-refractivity contribution in [1.29, 1.82) is 0 Å². The monoisotopic (exact) mass is 281 g/mol. The van der Waals surface area contributed by atoms with E-state index < -0.39 is 10.0 Å². The lowest BCUT2D eigenvalue weighted by Crippen LogP contribution is -2.33. The van der Waals surface area contributed by atoms with Crippen molar-refractivity contribution >= 4 is 10.0 Å². The Kier molecular flexibility index (Phi) is 5.12. The average molecular weight is 281 g/mol. The molecule has 0 aliphatic carbocycles. The second-order valence-electron chi connectivity index (χ2n) is 4.57. The summed E-state index contributed by atoms with van der Waals surface area (Å²) in [5.41, 5.74) is 1.34. The van der Waals surface area contributed by atoms with Gasteiger partial charge in [0.1, 0.15) is 6.61 Å². The number of aliphatic hydroxyl groups is 1. The molecule has 1 rings (SSSR count). The Hall–Kier alpha value is -1.35. The van der Waals surface area contributed by atoms with E-state index in [1.54, 1.807) is 25.2 Å². The third kappa shape index (κ3) is 3.57. The lowest BCUT2D eigenvalue weighted by Gasteiger charge is -2.21. The van der Waals surface area contributed by atoms with Gasteiger partial charge in [-0.15, -0.1) is 0 Å². The fraction of sp³-hybridized carbons (Fsp3) is 0.429. The minimum Gasteiger partial charge on any atom is -0.384 e. The predicted octanol–water partition coefficient (Wildman–Crippen LogP) is 1.37. The molecule has 0 saturated heterocycles. The van der Waals surface area contributed by atoms with Crippen LogP contribution in [-0.4, -0.2) is 37.5 Å². The highest BCUT2D eigenvalue weighted by molar-refractivity contribution is 7.89. The number of hydrogen-bond donors (Lipinski definition) is 1. The topological polar surface area (TPSA) is 57.6 Å². The molecule has 0 bridgehead atoms. The first-order chi connectivity index (χ1) is 8.80. The molecule has 0 amide bonds. The maximum absolute atomic E-state index is 12.5. The van der Waals surface area contributed by atoms with Crippen molar-refractivity contribution in [3.8, 4) is 11.8 Å². The molecule has 0 radical (unpaired) electrons. The second-order valence-corrected chi connectivity index (χ2v) is 6.54. The summed E-state index contributed by atoms with van der Waals surface area (Å²) in [6, 6.07) is 4.88. The largest absolute Gasteiger partial charge is 0.384 e. The Morgan fingerprint density at radius 2 is 2.00 bits per heavy atom. The van der Waals surface area contributed by atoms with Crippen LogP contribution in [0.4, 0.5) is 0 Å². The van der Waals surface area contributed by atoms with Crippen molar-refractivity contribution in [2.45, 2.75) is 31.7 Å². The normalized spacial score (nSPS) is 11.5. The number of aryl methyl sites for hydroxylation is 1. The van der Waals surface area contributed by atoms with Gasteiger partial charge in [-0.2, -0.15) is 4.31 Å². The number of rotatable bonds is 3. The molecule has 0 aliphatic rings. The minimum absolute atomic E-state index is 0.134. The molecule has 0 fully saturated rings. The predicted molar refractivity (Wildman–Crippen MR) is 75.2 cm³/mol. The Morgan fingerprint density at radius 3 is 2.53 bits per heavy atom. The maximum Gasteiger partial charge on any atom is 0.244 e. The van der Waals surface area contributed by atoms with Crippen molar-refractivity contribution in [2.75, 3.05) is 13.7 Å².